The minimum Gasteiger partial charge on any atom is -0.343 e. The number of rotatable bonds is 3. The minimum atomic E-state index is -0.132. The standard InChI is InChI=1S/C15H15N3OS/c1-10(12-6-5-9-20-12)16-15(19)14-11(2)18-8-4-3-7-13(18)17-14/h3-10H,1-2H3,(H,16,19). The molecule has 1 unspecified atom stereocenters. The third-order valence-electron chi connectivity index (χ3n) is 3.30. The Balaban J connectivity index is 1.87. The van der Waals surface area contributed by atoms with E-state index in [-0.39, 0.29) is 11.9 Å². The predicted molar refractivity (Wildman–Crippen MR) is 80.1 cm³/mol. The van der Waals surface area contributed by atoms with Gasteiger partial charge < -0.3 is 9.72 Å². The highest BCUT2D eigenvalue weighted by Crippen LogP contribution is 2.19. The number of amides is 1. The van der Waals surface area contributed by atoms with Crippen molar-refractivity contribution in [3.63, 3.8) is 0 Å². The van der Waals surface area contributed by atoms with Crippen molar-refractivity contribution in [1.29, 1.82) is 0 Å². The fourth-order valence-electron chi connectivity index (χ4n) is 2.21. The molecule has 0 radical (unpaired) electrons. The molecule has 5 heteroatoms. The monoisotopic (exact) mass is 285 g/mol. The van der Waals surface area contributed by atoms with E-state index >= 15 is 0 Å². The van der Waals surface area contributed by atoms with Crippen molar-refractivity contribution in [3.8, 4) is 0 Å². The maximum Gasteiger partial charge on any atom is 0.272 e. The number of thiophene rings is 1. The number of aromatic nitrogens is 2. The number of fused-ring (bicyclic) bond motifs is 1. The summed E-state index contributed by atoms with van der Waals surface area (Å²) in [5, 5.41) is 5.00. The lowest BCUT2D eigenvalue weighted by atomic mass is 10.2. The molecule has 0 aromatic carbocycles. The van der Waals surface area contributed by atoms with E-state index in [1.165, 1.54) is 0 Å². The second kappa shape index (κ2) is 5.09. The number of hydrogen-bond donors (Lipinski definition) is 1. The number of hydrogen-bond acceptors (Lipinski definition) is 3. The summed E-state index contributed by atoms with van der Waals surface area (Å²) in [6.07, 6.45) is 1.91. The second-order valence-corrected chi connectivity index (χ2v) is 5.66. The topological polar surface area (TPSA) is 46.4 Å². The molecule has 3 aromatic heterocycles. The van der Waals surface area contributed by atoms with Gasteiger partial charge in [0.2, 0.25) is 0 Å². The number of carbonyl (C=O) groups excluding carboxylic acids is 1. The number of aryl methyl sites for hydroxylation is 1. The Bertz CT molecular complexity index is 746. The third kappa shape index (κ3) is 2.20. The van der Waals surface area contributed by atoms with Crippen LogP contribution in [0.4, 0.5) is 0 Å². The van der Waals surface area contributed by atoms with E-state index in [2.05, 4.69) is 10.3 Å². The van der Waals surface area contributed by atoms with Gasteiger partial charge in [-0.3, -0.25) is 4.79 Å². The van der Waals surface area contributed by atoms with E-state index in [1.54, 1.807) is 11.3 Å². The Labute approximate surface area is 121 Å². The average Bonchev–Trinajstić information content (AvgIpc) is 3.07. The van der Waals surface area contributed by atoms with Crippen molar-refractivity contribution in [2.75, 3.05) is 0 Å². The summed E-state index contributed by atoms with van der Waals surface area (Å²) >= 11 is 1.64. The molecule has 3 rings (SSSR count). The number of carbonyl (C=O) groups is 1. The zero-order valence-corrected chi connectivity index (χ0v) is 12.1. The number of imidazole rings is 1. The van der Waals surface area contributed by atoms with E-state index in [0.29, 0.717) is 5.69 Å². The lowest BCUT2D eigenvalue weighted by molar-refractivity contribution is 0.0935. The molecule has 102 valence electrons. The van der Waals surface area contributed by atoms with E-state index in [4.69, 9.17) is 0 Å². The molecule has 0 spiro atoms. The molecule has 0 saturated carbocycles. The Hall–Kier alpha value is -2.14. The summed E-state index contributed by atoms with van der Waals surface area (Å²) in [5.41, 5.74) is 2.13. The second-order valence-electron chi connectivity index (χ2n) is 4.69. The molecule has 0 aliphatic rings. The molecule has 3 heterocycles. The van der Waals surface area contributed by atoms with Gasteiger partial charge in [-0.15, -0.1) is 11.3 Å². The van der Waals surface area contributed by atoms with Crippen molar-refractivity contribution in [2.24, 2.45) is 0 Å². The van der Waals surface area contributed by atoms with Crippen LogP contribution in [-0.4, -0.2) is 15.3 Å². The number of pyridine rings is 1. The first-order valence-electron chi connectivity index (χ1n) is 6.45. The Morgan fingerprint density at radius 1 is 1.35 bits per heavy atom. The van der Waals surface area contributed by atoms with Crippen molar-refractivity contribution < 1.29 is 4.79 Å². The van der Waals surface area contributed by atoms with Gasteiger partial charge in [0.25, 0.3) is 5.91 Å². The van der Waals surface area contributed by atoms with Crippen LogP contribution in [0.15, 0.2) is 41.9 Å². The normalized spacial score (nSPS) is 12.5. The zero-order valence-electron chi connectivity index (χ0n) is 11.3. The van der Waals surface area contributed by atoms with Crippen LogP contribution in [-0.2, 0) is 0 Å². The van der Waals surface area contributed by atoms with E-state index < -0.39 is 0 Å². The molecular weight excluding hydrogens is 270 g/mol. The fraction of sp³-hybridized carbons (Fsp3) is 0.200. The molecule has 0 fully saturated rings. The molecule has 1 atom stereocenters. The summed E-state index contributed by atoms with van der Waals surface area (Å²) in [7, 11) is 0. The quantitative estimate of drug-likeness (QED) is 0.803. The first kappa shape index (κ1) is 12.9. The van der Waals surface area contributed by atoms with Crippen LogP contribution in [0.25, 0.3) is 5.65 Å². The molecule has 0 saturated heterocycles. The van der Waals surface area contributed by atoms with E-state index in [0.717, 1.165) is 16.2 Å². The van der Waals surface area contributed by atoms with Crippen molar-refractivity contribution in [3.05, 3.63) is 58.2 Å². The van der Waals surface area contributed by atoms with Gasteiger partial charge in [-0.2, -0.15) is 0 Å². The first-order valence-corrected chi connectivity index (χ1v) is 7.32. The van der Waals surface area contributed by atoms with Gasteiger partial charge in [0, 0.05) is 11.1 Å². The smallest absolute Gasteiger partial charge is 0.272 e. The molecule has 0 bridgehead atoms. The molecular formula is C15H15N3OS. The van der Waals surface area contributed by atoms with Gasteiger partial charge in [0.15, 0.2) is 0 Å². The molecule has 1 amide bonds. The molecule has 3 aromatic rings. The Morgan fingerprint density at radius 2 is 2.20 bits per heavy atom. The number of nitrogens with one attached hydrogen (secondary N) is 1. The highest BCUT2D eigenvalue weighted by atomic mass is 32.1. The van der Waals surface area contributed by atoms with E-state index in [9.17, 15) is 4.79 Å². The molecule has 0 aliphatic carbocycles. The highest BCUT2D eigenvalue weighted by Gasteiger charge is 2.18. The van der Waals surface area contributed by atoms with Gasteiger partial charge in [0.1, 0.15) is 11.3 Å². The van der Waals surface area contributed by atoms with Gasteiger partial charge in [-0.25, -0.2) is 4.98 Å². The SMILES string of the molecule is Cc1c(C(=O)NC(C)c2cccs2)nc2ccccn12. The summed E-state index contributed by atoms with van der Waals surface area (Å²) in [6.45, 7) is 3.89. The van der Waals surface area contributed by atoms with Crippen LogP contribution < -0.4 is 5.32 Å². The summed E-state index contributed by atoms with van der Waals surface area (Å²) < 4.78 is 1.92. The van der Waals surface area contributed by atoms with Gasteiger partial charge in [-0.1, -0.05) is 12.1 Å². The fourth-order valence-corrected chi connectivity index (χ4v) is 2.94. The van der Waals surface area contributed by atoms with Crippen LogP contribution in [0.1, 0.15) is 34.0 Å². The van der Waals surface area contributed by atoms with Crippen LogP contribution in [0.5, 0.6) is 0 Å². The molecule has 1 N–H and O–H groups in total. The van der Waals surface area contributed by atoms with Crippen LogP contribution in [0.3, 0.4) is 0 Å². The Morgan fingerprint density at radius 3 is 2.90 bits per heavy atom. The zero-order chi connectivity index (χ0) is 14.1. The van der Waals surface area contributed by atoms with Crippen molar-refractivity contribution >= 4 is 22.9 Å². The lowest BCUT2D eigenvalue weighted by Gasteiger charge is -2.11. The largest absolute Gasteiger partial charge is 0.343 e. The number of nitrogens with zero attached hydrogens (tertiary/aromatic N) is 2. The first-order chi connectivity index (χ1) is 9.66. The summed E-state index contributed by atoms with van der Waals surface area (Å²) in [6, 6.07) is 9.74. The Kier molecular flexibility index (Phi) is 3.28. The van der Waals surface area contributed by atoms with Gasteiger partial charge >= 0.3 is 0 Å². The summed E-state index contributed by atoms with van der Waals surface area (Å²) in [5.74, 6) is -0.132. The molecule has 0 aliphatic heterocycles. The maximum atomic E-state index is 12.4. The third-order valence-corrected chi connectivity index (χ3v) is 4.36. The van der Waals surface area contributed by atoms with Crippen LogP contribution >= 0.6 is 11.3 Å². The lowest BCUT2D eigenvalue weighted by Crippen LogP contribution is -2.27. The maximum absolute atomic E-state index is 12.4. The minimum absolute atomic E-state index is 0.00767. The van der Waals surface area contributed by atoms with Crippen LogP contribution in [0.2, 0.25) is 0 Å². The van der Waals surface area contributed by atoms with Gasteiger partial charge in [-0.05, 0) is 37.4 Å². The van der Waals surface area contributed by atoms with Crippen molar-refractivity contribution in [1.82, 2.24) is 14.7 Å². The van der Waals surface area contributed by atoms with Crippen molar-refractivity contribution in [2.45, 2.75) is 19.9 Å². The predicted octanol–water partition coefficient (Wildman–Crippen LogP) is 3.20. The highest BCUT2D eigenvalue weighted by molar-refractivity contribution is 7.10. The molecule has 20 heavy (non-hydrogen) atoms. The summed E-state index contributed by atoms with van der Waals surface area (Å²) in [4.78, 5) is 17.9. The average molecular weight is 285 g/mol. The molecule has 4 nitrogen and oxygen atoms in total. The van der Waals surface area contributed by atoms with Gasteiger partial charge in [0.05, 0.1) is 11.7 Å². The van der Waals surface area contributed by atoms with Crippen LogP contribution in [0, 0.1) is 6.92 Å². The van der Waals surface area contributed by atoms with E-state index in [1.807, 2.05) is 60.2 Å².